The molecule has 0 saturated carbocycles. The summed E-state index contributed by atoms with van der Waals surface area (Å²) in [6, 6.07) is 2.97. The number of rotatable bonds is 4. The smallest absolute Gasteiger partial charge is 0.223 e. The van der Waals surface area contributed by atoms with Gasteiger partial charge in [-0.15, -0.1) is 0 Å². The molecule has 2 rings (SSSR count). The number of carbonyl (C=O) groups excluding carboxylic acids is 1. The summed E-state index contributed by atoms with van der Waals surface area (Å²) in [5, 5.41) is 20.1. The fourth-order valence-corrected chi connectivity index (χ4v) is 2.89. The summed E-state index contributed by atoms with van der Waals surface area (Å²) in [6.07, 6.45) is -0.522. The molecule has 1 aromatic rings. The Bertz CT molecular complexity index is 525. The zero-order valence-electron chi connectivity index (χ0n) is 10.7. The number of benzene rings is 1. The molecular formula is C13H16Cl2N2O3. The average Bonchev–Trinajstić information content (AvgIpc) is 2.75. The van der Waals surface area contributed by atoms with Gasteiger partial charge in [-0.3, -0.25) is 4.79 Å². The number of halogens is 2. The summed E-state index contributed by atoms with van der Waals surface area (Å²) in [5.41, 5.74) is 5.83. The van der Waals surface area contributed by atoms with Crippen LogP contribution in [-0.4, -0.2) is 46.8 Å². The SMILES string of the molecule is NC[C@@H](O)CN1C[C@H](c2c(O)ccc(Cl)c2Cl)CC1=O. The predicted octanol–water partition coefficient (Wildman–Crippen LogP) is 1.33. The summed E-state index contributed by atoms with van der Waals surface area (Å²) in [4.78, 5) is 13.5. The molecule has 4 N–H and O–H groups in total. The summed E-state index contributed by atoms with van der Waals surface area (Å²) in [6.45, 7) is 0.659. The standard InChI is InChI=1S/C13H16Cl2N2O3/c14-9-1-2-10(19)12(13(9)15)7-3-11(20)17(5-7)6-8(18)4-16/h1-2,7-8,18-19H,3-6,16H2/t7-,8-/m1/s1. The Morgan fingerprint density at radius 3 is 2.80 bits per heavy atom. The van der Waals surface area contributed by atoms with Crippen molar-refractivity contribution in [2.45, 2.75) is 18.4 Å². The van der Waals surface area contributed by atoms with Gasteiger partial charge in [-0.2, -0.15) is 0 Å². The maximum Gasteiger partial charge on any atom is 0.223 e. The summed E-state index contributed by atoms with van der Waals surface area (Å²) in [5.74, 6) is -0.310. The Morgan fingerprint density at radius 1 is 1.45 bits per heavy atom. The molecule has 0 bridgehead atoms. The van der Waals surface area contributed by atoms with E-state index >= 15 is 0 Å². The van der Waals surface area contributed by atoms with Gasteiger partial charge in [0.05, 0.1) is 16.1 Å². The number of nitrogens with two attached hydrogens (primary N) is 1. The van der Waals surface area contributed by atoms with Gasteiger partial charge in [0.1, 0.15) is 5.75 Å². The van der Waals surface area contributed by atoms with Crippen LogP contribution in [0, 0.1) is 0 Å². The number of aromatic hydroxyl groups is 1. The zero-order chi connectivity index (χ0) is 14.9. The monoisotopic (exact) mass is 318 g/mol. The topological polar surface area (TPSA) is 86.8 Å². The summed E-state index contributed by atoms with van der Waals surface area (Å²) < 4.78 is 0. The van der Waals surface area contributed by atoms with Crippen LogP contribution in [0.25, 0.3) is 0 Å². The molecule has 20 heavy (non-hydrogen) atoms. The lowest BCUT2D eigenvalue weighted by Gasteiger charge is -2.20. The van der Waals surface area contributed by atoms with Crippen LogP contribution in [0.5, 0.6) is 5.75 Å². The molecule has 7 heteroatoms. The van der Waals surface area contributed by atoms with Gasteiger partial charge in [-0.1, -0.05) is 23.2 Å². The third-order valence-electron chi connectivity index (χ3n) is 3.44. The van der Waals surface area contributed by atoms with Crippen LogP contribution in [0.3, 0.4) is 0 Å². The number of nitrogens with zero attached hydrogens (tertiary/aromatic N) is 1. The van der Waals surface area contributed by atoms with Crippen molar-refractivity contribution < 1.29 is 15.0 Å². The van der Waals surface area contributed by atoms with E-state index in [1.807, 2.05) is 0 Å². The van der Waals surface area contributed by atoms with E-state index in [1.54, 1.807) is 0 Å². The molecule has 2 atom stereocenters. The zero-order valence-corrected chi connectivity index (χ0v) is 12.2. The van der Waals surface area contributed by atoms with Crippen LogP contribution >= 0.6 is 23.2 Å². The lowest BCUT2D eigenvalue weighted by atomic mass is 9.97. The third kappa shape index (κ3) is 3.01. The predicted molar refractivity (Wildman–Crippen MR) is 77.1 cm³/mol. The van der Waals surface area contributed by atoms with E-state index in [0.29, 0.717) is 17.1 Å². The fourth-order valence-electron chi connectivity index (χ4n) is 2.42. The van der Waals surface area contributed by atoms with Crippen molar-refractivity contribution in [3.63, 3.8) is 0 Å². The number of amides is 1. The second-order valence-electron chi connectivity index (χ2n) is 4.88. The molecule has 1 saturated heterocycles. The van der Waals surface area contributed by atoms with E-state index in [1.165, 1.54) is 17.0 Å². The van der Waals surface area contributed by atoms with Crippen LogP contribution in [0.2, 0.25) is 10.0 Å². The largest absolute Gasteiger partial charge is 0.508 e. The normalized spacial score (nSPS) is 20.5. The van der Waals surface area contributed by atoms with E-state index in [4.69, 9.17) is 28.9 Å². The molecule has 5 nitrogen and oxygen atoms in total. The van der Waals surface area contributed by atoms with Crippen molar-refractivity contribution in [2.75, 3.05) is 19.6 Å². The number of aliphatic hydroxyl groups is 1. The molecule has 1 aliphatic heterocycles. The number of phenolic OH excluding ortho intramolecular Hbond substituents is 1. The first-order valence-corrected chi connectivity index (χ1v) is 7.02. The van der Waals surface area contributed by atoms with Gasteiger partial charge in [-0.25, -0.2) is 0 Å². The Hall–Kier alpha value is -1.01. The van der Waals surface area contributed by atoms with Gasteiger partial charge in [0.15, 0.2) is 0 Å². The molecule has 1 aliphatic rings. The molecule has 1 heterocycles. The van der Waals surface area contributed by atoms with E-state index in [-0.39, 0.29) is 42.1 Å². The number of hydrogen-bond acceptors (Lipinski definition) is 4. The highest BCUT2D eigenvalue weighted by molar-refractivity contribution is 6.42. The molecular weight excluding hydrogens is 303 g/mol. The highest BCUT2D eigenvalue weighted by atomic mass is 35.5. The maximum atomic E-state index is 11.9. The average molecular weight is 319 g/mol. The van der Waals surface area contributed by atoms with E-state index in [2.05, 4.69) is 0 Å². The minimum Gasteiger partial charge on any atom is -0.508 e. The Labute approximate surface area is 126 Å². The van der Waals surface area contributed by atoms with Gasteiger partial charge < -0.3 is 20.8 Å². The molecule has 0 aliphatic carbocycles. The summed E-state index contributed by atoms with van der Waals surface area (Å²) in [7, 11) is 0. The van der Waals surface area contributed by atoms with Gasteiger partial charge in [0.25, 0.3) is 0 Å². The van der Waals surface area contributed by atoms with Crippen LogP contribution in [-0.2, 0) is 4.79 Å². The summed E-state index contributed by atoms with van der Waals surface area (Å²) >= 11 is 12.1. The molecule has 1 fully saturated rings. The highest BCUT2D eigenvalue weighted by Crippen LogP contribution is 2.41. The molecule has 1 amide bonds. The van der Waals surface area contributed by atoms with Gasteiger partial charge in [-0.05, 0) is 12.1 Å². The van der Waals surface area contributed by atoms with Crippen LogP contribution < -0.4 is 5.73 Å². The second kappa shape index (κ2) is 6.18. The minimum absolute atomic E-state index is 0.0263. The molecule has 0 spiro atoms. The Morgan fingerprint density at radius 2 is 2.15 bits per heavy atom. The quantitative estimate of drug-likeness (QED) is 0.781. The third-order valence-corrected chi connectivity index (χ3v) is 4.25. The van der Waals surface area contributed by atoms with Gasteiger partial charge in [0.2, 0.25) is 5.91 Å². The second-order valence-corrected chi connectivity index (χ2v) is 5.67. The molecule has 0 radical (unpaired) electrons. The van der Waals surface area contributed by atoms with Crippen molar-refractivity contribution in [2.24, 2.45) is 5.73 Å². The van der Waals surface area contributed by atoms with Gasteiger partial charge in [0, 0.05) is 37.5 Å². The van der Waals surface area contributed by atoms with Gasteiger partial charge >= 0.3 is 0 Å². The van der Waals surface area contributed by atoms with Crippen LogP contribution in [0.15, 0.2) is 12.1 Å². The first kappa shape index (κ1) is 15.4. The van der Waals surface area contributed by atoms with Crippen molar-refractivity contribution in [1.82, 2.24) is 4.90 Å². The van der Waals surface area contributed by atoms with Crippen LogP contribution in [0.1, 0.15) is 17.9 Å². The van der Waals surface area contributed by atoms with Crippen molar-refractivity contribution in [3.8, 4) is 5.75 Å². The lowest BCUT2D eigenvalue weighted by Crippen LogP contribution is -2.37. The Kier molecular flexibility index (Phi) is 4.75. The lowest BCUT2D eigenvalue weighted by molar-refractivity contribution is -0.128. The first-order valence-electron chi connectivity index (χ1n) is 6.26. The molecule has 110 valence electrons. The number of β-amino-alcohol motifs (C(OH)–C–C–N with tert-alkyl or cyclic N) is 1. The van der Waals surface area contributed by atoms with Crippen molar-refractivity contribution in [1.29, 1.82) is 0 Å². The molecule has 0 unspecified atom stereocenters. The molecule has 1 aromatic carbocycles. The number of aliphatic hydroxyl groups excluding tert-OH is 1. The fraction of sp³-hybridized carbons (Fsp3) is 0.462. The van der Waals surface area contributed by atoms with E-state index in [9.17, 15) is 15.0 Å². The number of likely N-dealkylation sites (tertiary alicyclic amines) is 1. The Balaban J connectivity index is 2.20. The molecule has 0 aromatic heterocycles. The number of phenols is 1. The number of hydrogen-bond donors (Lipinski definition) is 3. The highest BCUT2D eigenvalue weighted by Gasteiger charge is 2.34. The minimum atomic E-state index is -0.749. The maximum absolute atomic E-state index is 11.9. The van der Waals surface area contributed by atoms with Crippen molar-refractivity contribution >= 4 is 29.1 Å². The van der Waals surface area contributed by atoms with E-state index < -0.39 is 6.10 Å². The first-order chi connectivity index (χ1) is 9.43. The van der Waals surface area contributed by atoms with Crippen LogP contribution in [0.4, 0.5) is 0 Å². The van der Waals surface area contributed by atoms with E-state index in [0.717, 1.165) is 0 Å². The van der Waals surface area contributed by atoms with Crippen molar-refractivity contribution in [3.05, 3.63) is 27.7 Å². The number of carbonyl (C=O) groups is 1.